The van der Waals surface area contributed by atoms with Crippen molar-refractivity contribution in [3.63, 3.8) is 0 Å². The molecule has 1 aromatic heterocycles. The van der Waals surface area contributed by atoms with Crippen molar-refractivity contribution in [3.8, 4) is 6.07 Å². The molecule has 6 rings (SSSR count). The third kappa shape index (κ3) is 5.29. The molecule has 4 aliphatic carbocycles. The number of sulfonamides is 1. The van der Waals surface area contributed by atoms with E-state index in [1.54, 1.807) is 13.8 Å². The molecule has 4 aliphatic rings. The van der Waals surface area contributed by atoms with Gasteiger partial charge in [-0.2, -0.15) is 5.26 Å². The second kappa shape index (κ2) is 10.3. The molecule has 0 aliphatic heterocycles. The van der Waals surface area contributed by atoms with Crippen LogP contribution < -0.4 is 15.4 Å². The normalized spacial score (nSPS) is 26.4. The van der Waals surface area contributed by atoms with Gasteiger partial charge in [0.25, 0.3) is 15.9 Å². The monoisotopic (exact) mass is 555 g/mol. The first-order valence-corrected chi connectivity index (χ1v) is 15.5. The molecular weight excluding hydrogens is 522 g/mol. The van der Waals surface area contributed by atoms with Gasteiger partial charge in [0.05, 0.1) is 15.6 Å². The maximum absolute atomic E-state index is 13.2. The Hall–Kier alpha value is -2.97. The van der Waals surface area contributed by atoms with Gasteiger partial charge in [0.1, 0.15) is 11.6 Å². The number of anilines is 2. The van der Waals surface area contributed by atoms with E-state index in [-0.39, 0.29) is 21.9 Å². The summed E-state index contributed by atoms with van der Waals surface area (Å²) < 4.78 is 33.0. The fourth-order valence-electron chi connectivity index (χ4n) is 6.63. The second-order valence-corrected chi connectivity index (χ2v) is 13.8. The standard InChI is InChI=1S/C27H33N5O4S2/c1-4-37-26(30-27-12-18-9-19(13-27)11-20(10-18)14-27)23(15-28)24(33)29-21-5-7-22(8-6-21)38(34,35)32-25-16(2)17(3)31-36-25/h5-8,18-20,30,32H,4,9-14H2,1-3H3,(H,29,33)/b26-23+. The lowest BCUT2D eigenvalue weighted by molar-refractivity contribution is -0.112. The van der Waals surface area contributed by atoms with Crippen LogP contribution in [0.1, 0.15) is 56.7 Å². The first-order chi connectivity index (χ1) is 18.1. The van der Waals surface area contributed by atoms with Crippen LogP contribution in [0.5, 0.6) is 0 Å². The Bertz CT molecular complexity index is 1370. The summed E-state index contributed by atoms with van der Waals surface area (Å²) in [6, 6.07) is 7.90. The number of thioether (sulfide) groups is 1. The number of carbonyl (C=O) groups excluding carboxylic acids is 1. The molecule has 1 aromatic carbocycles. The van der Waals surface area contributed by atoms with Crippen LogP contribution in [0.2, 0.25) is 0 Å². The van der Waals surface area contributed by atoms with Crippen molar-refractivity contribution in [3.05, 3.63) is 46.1 Å². The zero-order chi connectivity index (χ0) is 27.1. The van der Waals surface area contributed by atoms with Crippen molar-refractivity contribution in [2.75, 3.05) is 15.8 Å². The minimum absolute atomic E-state index is 0.00529. The van der Waals surface area contributed by atoms with E-state index in [0.717, 1.165) is 42.8 Å². The van der Waals surface area contributed by atoms with Crippen LogP contribution in [0, 0.1) is 42.9 Å². The summed E-state index contributed by atoms with van der Waals surface area (Å²) in [4.78, 5) is 13.2. The predicted octanol–water partition coefficient (Wildman–Crippen LogP) is 5.08. The number of nitrogens with one attached hydrogen (secondary N) is 3. The fourth-order valence-corrected chi connectivity index (χ4v) is 8.53. The van der Waals surface area contributed by atoms with E-state index in [4.69, 9.17) is 4.52 Å². The van der Waals surface area contributed by atoms with Gasteiger partial charge in [0.2, 0.25) is 5.88 Å². The third-order valence-electron chi connectivity index (χ3n) is 8.08. The number of hydrogen-bond acceptors (Lipinski definition) is 8. The highest BCUT2D eigenvalue weighted by molar-refractivity contribution is 8.03. The summed E-state index contributed by atoms with van der Waals surface area (Å²) in [5, 5.41) is 20.8. The molecule has 0 unspecified atom stereocenters. The van der Waals surface area contributed by atoms with Crippen molar-refractivity contribution in [1.29, 1.82) is 5.26 Å². The molecule has 3 N–H and O–H groups in total. The predicted molar refractivity (Wildman–Crippen MR) is 147 cm³/mol. The maximum atomic E-state index is 13.2. The number of hydrogen-bond donors (Lipinski definition) is 3. The number of aryl methyl sites for hydroxylation is 1. The number of carbonyl (C=O) groups is 1. The fraction of sp³-hybridized carbons (Fsp3) is 0.519. The largest absolute Gasteiger partial charge is 0.373 e. The van der Waals surface area contributed by atoms with Crippen molar-refractivity contribution in [2.24, 2.45) is 17.8 Å². The third-order valence-corrected chi connectivity index (χ3v) is 10.3. The molecule has 0 atom stereocenters. The van der Waals surface area contributed by atoms with Crippen LogP contribution >= 0.6 is 11.8 Å². The molecule has 4 saturated carbocycles. The van der Waals surface area contributed by atoms with E-state index < -0.39 is 15.9 Å². The number of rotatable bonds is 9. The highest BCUT2D eigenvalue weighted by Gasteiger charge is 2.51. The number of nitriles is 1. The summed E-state index contributed by atoms with van der Waals surface area (Å²) in [6.07, 6.45) is 7.24. The molecule has 0 saturated heterocycles. The molecule has 2 aromatic rings. The quantitative estimate of drug-likeness (QED) is 0.288. The topological polar surface area (TPSA) is 137 Å². The number of amides is 1. The minimum atomic E-state index is -3.91. The van der Waals surface area contributed by atoms with Crippen LogP contribution in [0.15, 0.2) is 44.3 Å². The van der Waals surface area contributed by atoms with Gasteiger partial charge in [-0.1, -0.05) is 12.1 Å². The Balaban J connectivity index is 1.31. The molecule has 11 heteroatoms. The van der Waals surface area contributed by atoms with Crippen molar-refractivity contribution >= 4 is 39.3 Å². The van der Waals surface area contributed by atoms with E-state index in [0.29, 0.717) is 22.0 Å². The Kier molecular flexibility index (Phi) is 7.22. The number of aromatic nitrogens is 1. The lowest BCUT2D eigenvalue weighted by Crippen LogP contribution is -2.58. The van der Waals surface area contributed by atoms with Crippen LogP contribution in [0.25, 0.3) is 0 Å². The smallest absolute Gasteiger partial charge is 0.269 e. The van der Waals surface area contributed by atoms with E-state index in [9.17, 15) is 18.5 Å². The minimum Gasteiger partial charge on any atom is -0.373 e. The van der Waals surface area contributed by atoms with Crippen LogP contribution in [-0.2, 0) is 14.8 Å². The summed E-state index contributed by atoms with van der Waals surface area (Å²) in [7, 11) is -3.91. The maximum Gasteiger partial charge on any atom is 0.269 e. The molecule has 1 heterocycles. The lowest BCUT2D eigenvalue weighted by atomic mass is 9.53. The van der Waals surface area contributed by atoms with E-state index in [1.807, 2.05) is 6.92 Å². The Morgan fingerprint density at radius 2 is 1.74 bits per heavy atom. The Labute approximate surface area is 227 Å². The molecule has 4 fully saturated rings. The molecule has 9 nitrogen and oxygen atoms in total. The van der Waals surface area contributed by atoms with Gasteiger partial charge in [-0.15, -0.1) is 11.8 Å². The van der Waals surface area contributed by atoms with Crippen molar-refractivity contribution < 1.29 is 17.7 Å². The van der Waals surface area contributed by atoms with Crippen molar-refractivity contribution in [1.82, 2.24) is 10.5 Å². The molecular formula is C27H33N5O4S2. The zero-order valence-electron chi connectivity index (χ0n) is 21.8. The van der Waals surface area contributed by atoms with E-state index in [1.165, 1.54) is 55.3 Å². The molecule has 0 radical (unpaired) electrons. The van der Waals surface area contributed by atoms with Gasteiger partial charge in [0.15, 0.2) is 0 Å². The Morgan fingerprint density at radius 3 is 2.24 bits per heavy atom. The summed E-state index contributed by atoms with van der Waals surface area (Å²) in [5.41, 5.74) is 1.63. The van der Waals surface area contributed by atoms with Gasteiger partial charge in [0, 0.05) is 16.8 Å². The van der Waals surface area contributed by atoms with E-state index in [2.05, 4.69) is 26.6 Å². The van der Waals surface area contributed by atoms with Gasteiger partial charge in [-0.25, -0.2) is 13.1 Å². The van der Waals surface area contributed by atoms with Gasteiger partial charge in [-0.3, -0.25) is 4.79 Å². The SMILES string of the molecule is CCS/C(NC12CC3CC(CC(C3)C1)C2)=C(\C#N)C(=O)Nc1ccc(S(=O)(=O)Nc2onc(C)c2C)cc1. The van der Waals surface area contributed by atoms with Crippen LogP contribution in [0.3, 0.4) is 0 Å². The van der Waals surface area contributed by atoms with Gasteiger partial charge < -0.3 is 15.2 Å². The molecule has 38 heavy (non-hydrogen) atoms. The highest BCUT2D eigenvalue weighted by Crippen LogP contribution is 2.56. The first kappa shape index (κ1) is 26.6. The molecule has 1 amide bonds. The molecule has 4 bridgehead atoms. The number of nitrogens with zero attached hydrogens (tertiary/aromatic N) is 2. The lowest BCUT2D eigenvalue weighted by Gasteiger charge is -2.57. The van der Waals surface area contributed by atoms with Crippen molar-refractivity contribution in [2.45, 2.75) is 69.7 Å². The van der Waals surface area contributed by atoms with Gasteiger partial charge in [-0.05, 0) is 100 Å². The highest BCUT2D eigenvalue weighted by atomic mass is 32.2. The summed E-state index contributed by atoms with van der Waals surface area (Å²) in [5.74, 6) is 2.50. The van der Waals surface area contributed by atoms with Gasteiger partial charge >= 0.3 is 0 Å². The summed E-state index contributed by atoms with van der Waals surface area (Å²) in [6.45, 7) is 5.45. The van der Waals surface area contributed by atoms with Crippen LogP contribution in [0.4, 0.5) is 11.6 Å². The second-order valence-electron chi connectivity index (χ2n) is 10.9. The first-order valence-electron chi connectivity index (χ1n) is 13.0. The Morgan fingerprint density at radius 1 is 1.13 bits per heavy atom. The average Bonchev–Trinajstić information content (AvgIpc) is 3.15. The van der Waals surface area contributed by atoms with Crippen LogP contribution in [-0.4, -0.2) is 30.8 Å². The van der Waals surface area contributed by atoms with E-state index >= 15 is 0 Å². The summed E-state index contributed by atoms with van der Waals surface area (Å²) >= 11 is 1.49. The molecule has 202 valence electrons. The molecule has 0 spiro atoms. The average molecular weight is 556 g/mol. The number of benzene rings is 1. The zero-order valence-corrected chi connectivity index (χ0v) is 23.5.